The summed E-state index contributed by atoms with van der Waals surface area (Å²) in [5.41, 5.74) is 6.62. The number of piperazine rings is 1. The Morgan fingerprint density at radius 1 is 1.15 bits per heavy atom. The van der Waals surface area contributed by atoms with Crippen LogP contribution < -0.4 is 5.73 Å². The van der Waals surface area contributed by atoms with E-state index in [1.807, 2.05) is 17.0 Å². The van der Waals surface area contributed by atoms with Crippen LogP contribution in [0.2, 0.25) is 0 Å². The van der Waals surface area contributed by atoms with Gasteiger partial charge >= 0.3 is 0 Å². The van der Waals surface area contributed by atoms with E-state index in [1.54, 1.807) is 12.1 Å². The minimum atomic E-state index is -0.425. The molecule has 2 fully saturated rings. The van der Waals surface area contributed by atoms with Gasteiger partial charge in [0.25, 0.3) is 0 Å². The second-order valence-corrected chi connectivity index (χ2v) is 6.84. The van der Waals surface area contributed by atoms with Gasteiger partial charge in [-0.1, -0.05) is 12.1 Å². The number of nitrogens with zero attached hydrogens (tertiary/aromatic N) is 2. The third-order valence-electron chi connectivity index (χ3n) is 5.27. The molecule has 2 aliphatic rings. The van der Waals surface area contributed by atoms with Gasteiger partial charge in [-0.3, -0.25) is 9.69 Å². The van der Waals surface area contributed by atoms with Gasteiger partial charge in [-0.05, 0) is 30.5 Å². The molecule has 1 aromatic carbocycles. The lowest BCUT2D eigenvalue weighted by Crippen LogP contribution is -2.56. The number of halogens is 2. The largest absolute Gasteiger partial charge is 0.508 e. The Labute approximate surface area is 167 Å². The van der Waals surface area contributed by atoms with Crippen molar-refractivity contribution in [3.8, 4) is 5.75 Å². The SMILES string of the molecule is Cl.Cl.NCC1(C(=O)N2CCN(Cc3cccc(O)c3)CC2)CCOCC1. The van der Waals surface area contributed by atoms with Gasteiger partial charge in [0.1, 0.15) is 5.75 Å². The topological polar surface area (TPSA) is 79.0 Å². The van der Waals surface area contributed by atoms with Crippen molar-refractivity contribution in [1.29, 1.82) is 0 Å². The lowest BCUT2D eigenvalue weighted by Gasteiger charge is -2.42. The third kappa shape index (κ3) is 5.24. The van der Waals surface area contributed by atoms with Crippen molar-refractivity contribution in [2.75, 3.05) is 45.9 Å². The zero-order valence-corrected chi connectivity index (χ0v) is 16.6. The predicted octanol–water partition coefficient (Wildman–Crippen LogP) is 1.64. The molecule has 0 aliphatic carbocycles. The van der Waals surface area contributed by atoms with Crippen LogP contribution in [0, 0.1) is 5.41 Å². The molecule has 3 N–H and O–H groups in total. The molecule has 1 aromatic rings. The maximum absolute atomic E-state index is 13.0. The number of phenols is 1. The number of carbonyl (C=O) groups is 1. The number of benzene rings is 1. The molecule has 0 aromatic heterocycles. The van der Waals surface area contributed by atoms with Gasteiger partial charge in [0, 0.05) is 52.5 Å². The minimum Gasteiger partial charge on any atom is -0.508 e. The van der Waals surface area contributed by atoms with Crippen molar-refractivity contribution in [2.45, 2.75) is 19.4 Å². The van der Waals surface area contributed by atoms with Crippen molar-refractivity contribution in [3.05, 3.63) is 29.8 Å². The van der Waals surface area contributed by atoms with Crippen molar-refractivity contribution in [1.82, 2.24) is 9.80 Å². The molecular weight excluding hydrogens is 377 g/mol. The van der Waals surface area contributed by atoms with Crippen LogP contribution in [0.3, 0.4) is 0 Å². The van der Waals surface area contributed by atoms with Crippen LogP contribution >= 0.6 is 24.8 Å². The van der Waals surface area contributed by atoms with Crippen molar-refractivity contribution < 1.29 is 14.6 Å². The van der Waals surface area contributed by atoms with E-state index in [1.165, 1.54) is 0 Å². The van der Waals surface area contributed by atoms with Gasteiger partial charge in [0.05, 0.1) is 5.41 Å². The maximum atomic E-state index is 13.0. The maximum Gasteiger partial charge on any atom is 0.230 e. The molecule has 0 bridgehead atoms. The highest BCUT2D eigenvalue weighted by Gasteiger charge is 2.42. The monoisotopic (exact) mass is 405 g/mol. The van der Waals surface area contributed by atoms with Gasteiger partial charge in [-0.25, -0.2) is 0 Å². The van der Waals surface area contributed by atoms with Gasteiger partial charge in [-0.15, -0.1) is 24.8 Å². The highest BCUT2D eigenvalue weighted by atomic mass is 35.5. The number of hydrogen-bond donors (Lipinski definition) is 2. The standard InChI is InChI=1S/C18H27N3O3.2ClH/c19-14-18(4-10-24-11-5-18)17(23)21-8-6-20(7-9-21)13-15-2-1-3-16(22)12-15;;/h1-3,12,22H,4-11,13-14,19H2;2*1H. The molecule has 1 amide bonds. The van der Waals surface area contributed by atoms with E-state index in [0.29, 0.717) is 25.5 Å². The van der Waals surface area contributed by atoms with Crippen molar-refractivity contribution >= 4 is 30.7 Å². The van der Waals surface area contributed by atoms with Gasteiger partial charge in [0.15, 0.2) is 0 Å². The smallest absolute Gasteiger partial charge is 0.230 e. The number of rotatable bonds is 4. The average molecular weight is 406 g/mol. The quantitative estimate of drug-likeness (QED) is 0.795. The molecule has 0 atom stereocenters. The number of hydrogen-bond acceptors (Lipinski definition) is 5. The fourth-order valence-corrected chi connectivity index (χ4v) is 3.62. The summed E-state index contributed by atoms with van der Waals surface area (Å²) in [7, 11) is 0. The van der Waals surface area contributed by atoms with Crippen LogP contribution in [0.5, 0.6) is 5.75 Å². The van der Waals surface area contributed by atoms with Crippen LogP contribution in [0.1, 0.15) is 18.4 Å². The molecular formula is C18H29Cl2N3O3. The van der Waals surface area contributed by atoms with Crippen LogP contribution in [-0.2, 0) is 16.1 Å². The lowest BCUT2D eigenvalue weighted by atomic mass is 9.78. The molecule has 2 heterocycles. The first-order valence-electron chi connectivity index (χ1n) is 8.70. The number of carbonyl (C=O) groups excluding carboxylic acids is 1. The molecule has 3 rings (SSSR count). The van der Waals surface area contributed by atoms with E-state index in [4.69, 9.17) is 10.5 Å². The average Bonchev–Trinajstić information content (AvgIpc) is 2.62. The summed E-state index contributed by atoms with van der Waals surface area (Å²) in [5, 5.41) is 9.56. The van der Waals surface area contributed by atoms with Crippen LogP contribution in [0.4, 0.5) is 0 Å². The Kier molecular flexibility index (Phi) is 9.13. The van der Waals surface area contributed by atoms with Crippen molar-refractivity contribution in [2.24, 2.45) is 11.1 Å². The molecule has 2 aliphatic heterocycles. The Morgan fingerprint density at radius 2 is 1.81 bits per heavy atom. The van der Waals surface area contributed by atoms with Crippen LogP contribution in [0.15, 0.2) is 24.3 Å². The third-order valence-corrected chi connectivity index (χ3v) is 5.27. The molecule has 0 unspecified atom stereocenters. The first-order valence-corrected chi connectivity index (χ1v) is 8.70. The highest BCUT2D eigenvalue weighted by molar-refractivity contribution is 5.85. The van der Waals surface area contributed by atoms with E-state index >= 15 is 0 Å². The predicted molar refractivity (Wildman–Crippen MR) is 106 cm³/mol. The summed E-state index contributed by atoms with van der Waals surface area (Å²) in [5.74, 6) is 0.496. The Bertz CT molecular complexity index is 575. The summed E-state index contributed by atoms with van der Waals surface area (Å²) in [4.78, 5) is 17.2. The van der Waals surface area contributed by atoms with Crippen LogP contribution in [-0.4, -0.2) is 66.8 Å². The molecule has 0 saturated carbocycles. The first kappa shape index (κ1) is 23.0. The number of amides is 1. The zero-order chi connectivity index (χ0) is 17.0. The van der Waals surface area contributed by atoms with Crippen LogP contribution in [0.25, 0.3) is 0 Å². The minimum absolute atomic E-state index is 0. The molecule has 0 radical (unpaired) electrons. The van der Waals surface area contributed by atoms with E-state index in [9.17, 15) is 9.90 Å². The van der Waals surface area contributed by atoms with Gasteiger partial charge in [-0.2, -0.15) is 0 Å². The molecule has 8 heteroatoms. The molecule has 2 saturated heterocycles. The molecule has 6 nitrogen and oxygen atoms in total. The van der Waals surface area contributed by atoms with Crippen molar-refractivity contribution in [3.63, 3.8) is 0 Å². The number of aromatic hydroxyl groups is 1. The summed E-state index contributed by atoms with van der Waals surface area (Å²) in [6.45, 7) is 5.61. The Hall–Kier alpha value is -1.05. The molecule has 26 heavy (non-hydrogen) atoms. The zero-order valence-electron chi connectivity index (χ0n) is 14.9. The molecule has 0 spiro atoms. The second-order valence-electron chi connectivity index (χ2n) is 6.84. The highest BCUT2D eigenvalue weighted by Crippen LogP contribution is 2.32. The summed E-state index contributed by atoms with van der Waals surface area (Å²) >= 11 is 0. The number of ether oxygens (including phenoxy) is 1. The Balaban J connectivity index is 0.00000169. The lowest BCUT2D eigenvalue weighted by molar-refractivity contribution is -0.149. The fourth-order valence-electron chi connectivity index (χ4n) is 3.62. The summed E-state index contributed by atoms with van der Waals surface area (Å²) in [6, 6.07) is 7.35. The van der Waals surface area contributed by atoms with E-state index < -0.39 is 5.41 Å². The van der Waals surface area contributed by atoms with Gasteiger partial charge < -0.3 is 20.5 Å². The normalized spacial score (nSPS) is 20.0. The number of nitrogens with two attached hydrogens (primary N) is 1. The van der Waals surface area contributed by atoms with E-state index in [0.717, 1.165) is 51.1 Å². The Morgan fingerprint density at radius 3 is 2.38 bits per heavy atom. The molecule has 148 valence electrons. The first-order chi connectivity index (χ1) is 11.6. The fraction of sp³-hybridized carbons (Fsp3) is 0.611. The van der Waals surface area contributed by atoms with E-state index in [-0.39, 0.29) is 30.7 Å². The summed E-state index contributed by atoms with van der Waals surface area (Å²) < 4.78 is 5.40. The second kappa shape index (κ2) is 10.3. The summed E-state index contributed by atoms with van der Waals surface area (Å²) in [6.07, 6.45) is 1.46. The van der Waals surface area contributed by atoms with Gasteiger partial charge in [0.2, 0.25) is 5.91 Å². The van der Waals surface area contributed by atoms with E-state index in [2.05, 4.69) is 4.90 Å². The number of phenolic OH excluding ortho intramolecular Hbond substituents is 1.